The van der Waals surface area contributed by atoms with Crippen LogP contribution in [-0.2, 0) is 4.79 Å². The van der Waals surface area contributed by atoms with Gasteiger partial charge in [0.1, 0.15) is 5.70 Å². The van der Waals surface area contributed by atoms with E-state index >= 15 is 0 Å². The molecule has 3 unspecified atom stereocenters. The second kappa shape index (κ2) is 4.72. The predicted molar refractivity (Wildman–Crippen MR) is 77.7 cm³/mol. The molecule has 3 atom stereocenters. The second-order valence-electron chi connectivity index (χ2n) is 5.74. The number of nitrogens with one attached hydrogen (secondary N) is 3. The molecule has 1 aromatic rings. The Labute approximate surface area is 122 Å². The van der Waals surface area contributed by atoms with Gasteiger partial charge in [0.25, 0.3) is 5.91 Å². The van der Waals surface area contributed by atoms with Crippen LogP contribution in [0, 0.1) is 5.92 Å². The van der Waals surface area contributed by atoms with Gasteiger partial charge in [0, 0.05) is 18.0 Å². The summed E-state index contributed by atoms with van der Waals surface area (Å²) in [7, 11) is 0. The number of rotatable bonds is 4. The molecule has 1 heterocycles. The molecule has 4 N–H and O–H groups in total. The highest BCUT2D eigenvalue weighted by Crippen LogP contribution is 2.50. The van der Waals surface area contributed by atoms with Gasteiger partial charge in [-0.05, 0) is 12.0 Å². The van der Waals surface area contributed by atoms with E-state index in [0.717, 1.165) is 17.6 Å². The van der Waals surface area contributed by atoms with Crippen molar-refractivity contribution in [1.82, 2.24) is 16.2 Å². The zero-order valence-electron chi connectivity index (χ0n) is 11.5. The van der Waals surface area contributed by atoms with Gasteiger partial charge in [-0.1, -0.05) is 42.0 Å². The largest absolute Gasteiger partial charge is 0.387 e. The Kier molecular flexibility index (Phi) is 2.83. The molecule has 108 valence electrons. The molecular weight excluding hydrogens is 266 g/mol. The van der Waals surface area contributed by atoms with Crippen LogP contribution in [0.25, 0.3) is 0 Å². The third-order valence-corrected chi connectivity index (χ3v) is 4.36. The third kappa shape index (κ3) is 2.14. The Balaban J connectivity index is 1.41. The molecule has 2 aliphatic carbocycles. The normalized spacial score (nSPS) is 26.6. The number of fused-ring (bicyclic) bond motifs is 3. The summed E-state index contributed by atoms with van der Waals surface area (Å²) in [6.45, 7) is 0.200. The molecule has 1 saturated carbocycles. The van der Waals surface area contributed by atoms with Crippen LogP contribution in [0.4, 0.5) is 0 Å². The van der Waals surface area contributed by atoms with Gasteiger partial charge >= 0.3 is 0 Å². The topological polar surface area (TPSA) is 73.4 Å². The van der Waals surface area contributed by atoms with E-state index in [1.54, 1.807) is 0 Å². The standard InChI is InChI=1S/C16H17N3O2/c20-13(9-4-2-1-3-5-9)8-17-16(21)15-12-7-10-6-11(10)14(12)18-19-15/h1-5,7,11,13-14,18-20H,6,8H2,(H,17,21). The molecule has 1 amide bonds. The third-order valence-electron chi connectivity index (χ3n) is 4.36. The van der Waals surface area contributed by atoms with Gasteiger partial charge < -0.3 is 15.8 Å². The lowest BCUT2D eigenvalue weighted by molar-refractivity contribution is -0.118. The first-order chi connectivity index (χ1) is 10.2. The molecule has 0 spiro atoms. The molecule has 0 radical (unpaired) electrons. The SMILES string of the molecule is O=C(NCC(O)c1ccccc1)C1=C2C=C3CC3C2NN1. The highest BCUT2D eigenvalue weighted by molar-refractivity contribution is 5.95. The van der Waals surface area contributed by atoms with Crippen molar-refractivity contribution in [3.05, 3.63) is 58.8 Å². The van der Waals surface area contributed by atoms with Gasteiger partial charge in [-0.25, -0.2) is 5.43 Å². The number of carbonyl (C=O) groups is 1. The maximum atomic E-state index is 12.2. The van der Waals surface area contributed by atoms with E-state index in [4.69, 9.17) is 0 Å². The van der Waals surface area contributed by atoms with Crippen LogP contribution in [0.15, 0.2) is 53.3 Å². The predicted octanol–water partition coefficient (Wildman–Crippen LogP) is 0.527. The van der Waals surface area contributed by atoms with Gasteiger partial charge in [0.2, 0.25) is 0 Å². The zero-order valence-corrected chi connectivity index (χ0v) is 11.5. The van der Waals surface area contributed by atoms with Crippen LogP contribution >= 0.6 is 0 Å². The lowest BCUT2D eigenvalue weighted by Gasteiger charge is -2.13. The van der Waals surface area contributed by atoms with Gasteiger partial charge in [-0.2, -0.15) is 0 Å². The highest BCUT2D eigenvalue weighted by Gasteiger charge is 2.48. The summed E-state index contributed by atoms with van der Waals surface area (Å²) in [5.41, 5.74) is 9.99. The average Bonchev–Trinajstić information content (AvgIpc) is 3.00. The van der Waals surface area contributed by atoms with Crippen LogP contribution in [0.5, 0.6) is 0 Å². The van der Waals surface area contributed by atoms with Crippen molar-refractivity contribution in [2.45, 2.75) is 18.6 Å². The monoisotopic (exact) mass is 283 g/mol. The number of hydrazine groups is 1. The number of aliphatic hydroxyl groups is 1. The van der Waals surface area contributed by atoms with Gasteiger partial charge in [-0.15, -0.1) is 0 Å². The van der Waals surface area contributed by atoms with Crippen LogP contribution < -0.4 is 16.2 Å². The summed E-state index contributed by atoms with van der Waals surface area (Å²) < 4.78 is 0. The van der Waals surface area contributed by atoms with E-state index in [9.17, 15) is 9.90 Å². The van der Waals surface area contributed by atoms with Crippen molar-refractivity contribution in [2.75, 3.05) is 6.54 Å². The summed E-state index contributed by atoms with van der Waals surface area (Å²) in [5.74, 6) is 0.404. The summed E-state index contributed by atoms with van der Waals surface area (Å²) in [6.07, 6.45) is 2.57. The maximum Gasteiger partial charge on any atom is 0.269 e. The smallest absolute Gasteiger partial charge is 0.269 e. The van der Waals surface area contributed by atoms with E-state index in [-0.39, 0.29) is 18.5 Å². The molecule has 0 aromatic heterocycles. The number of aliphatic hydroxyl groups excluding tert-OH is 1. The van der Waals surface area contributed by atoms with Crippen molar-refractivity contribution in [2.24, 2.45) is 5.92 Å². The van der Waals surface area contributed by atoms with Crippen molar-refractivity contribution < 1.29 is 9.90 Å². The molecule has 5 heteroatoms. The fourth-order valence-electron chi connectivity index (χ4n) is 3.09. The Morgan fingerprint density at radius 2 is 2.19 bits per heavy atom. The number of carbonyl (C=O) groups excluding carboxylic acids is 1. The first-order valence-corrected chi connectivity index (χ1v) is 7.21. The zero-order chi connectivity index (χ0) is 14.4. The minimum absolute atomic E-state index is 0.173. The van der Waals surface area contributed by atoms with Crippen molar-refractivity contribution in [3.63, 3.8) is 0 Å². The molecule has 1 aliphatic heterocycles. The van der Waals surface area contributed by atoms with E-state index < -0.39 is 6.10 Å². The van der Waals surface area contributed by atoms with Crippen LogP contribution in [0.1, 0.15) is 18.1 Å². The minimum atomic E-state index is -0.693. The highest BCUT2D eigenvalue weighted by atomic mass is 16.3. The first kappa shape index (κ1) is 12.6. The van der Waals surface area contributed by atoms with E-state index in [1.165, 1.54) is 5.57 Å². The molecule has 5 nitrogen and oxygen atoms in total. The first-order valence-electron chi connectivity index (χ1n) is 7.21. The molecule has 1 fully saturated rings. The fourth-order valence-corrected chi connectivity index (χ4v) is 3.09. The lowest BCUT2D eigenvalue weighted by Crippen LogP contribution is -2.38. The van der Waals surface area contributed by atoms with Crippen molar-refractivity contribution in [3.8, 4) is 0 Å². The molecular formula is C16H17N3O2. The molecule has 0 saturated heterocycles. The van der Waals surface area contributed by atoms with Gasteiger partial charge in [0.15, 0.2) is 0 Å². The second-order valence-corrected chi connectivity index (χ2v) is 5.74. The molecule has 1 aromatic carbocycles. The Bertz CT molecular complexity index is 651. The number of hydrogen-bond donors (Lipinski definition) is 4. The quantitative estimate of drug-likeness (QED) is 0.650. The van der Waals surface area contributed by atoms with Crippen LogP contribution in [0.3, 0.4) is 0 Å². The maximum absolute atomic E-state index is 12.2. The summed E-state index contributed by atoms with van der Waals surface area (Å²) in [5, 5.41) is 12.9. The van der Waals surface area contributed by atoms with Gasteiger partial charge in [0.05, 0.1) is 12.1 Å². The van der Waals surface area contributed by atoms with Crippen LogP contribution in [0.2, 0.25) is 0 Å². The molecule has 0 bridgehead atoms. The fraction of sp³-hybridized carbons (Fsp3) is 0.312. The summed E-state index contributed by atoms with van der Waals surface area (Å²) >= 11 is 0. The van der Waals surface area contributed by atoms with E-state index in [1.807, 2.05) is 30.3 Å². The summed E-state index contributed by atoms with van der Waals surface area (Å²) in [6, 6.07) is 9.58. The Morgan fingerprint density at radius 3 is 3.00 bits per heavy atom. The van der Waals surface area contributed by atoms with Crippen molar-refractivity contribution in [1.29, 1.82) is 0 Å². The molecule has 3 aliphatic rings. The number of hydrogen-bond acceptors (Lipinski definition) is 4. The lowest BCUT2D eigenvalue weighted by atomic mass is 10.1. The number of amides is 1. The van der Waals surface area contributed by atoms with E-state index in [2.05, 4.69) is 22.2 Å². The molecule has 21 heavy (non-hydrogen) atoms. The average molecular weight is 283 g/mol. The van der Waals surface area contributed by atoms with Crippen LogP contribution in [-0.4, -0.2) is 23.6 Å². The Hall–Kier alpha value is -2.11. The number of benzene rings is 1. The Morgan fingerprint density at radius 1 is 1.38 bits per heavy atom. The minimum Gasteiger partial charge on any atom is -0.387 e. The van der Waals surface area contributed by atoms with Gasteiger partial charge in [-0.3, -0.25) is 4.79 Å². The molecule has 4 rings (SSSR count). The summed E-state index contributed by atoms with van der Waals surface area (Å²) in [4.78, 5) is 12.2. The van der Waals surface area contributed by atoms with Crippen molar-refractivity contribution >= 4 is 5.91 Å². The van der Waals surface area contributed by atoms with E-state index in [0.29, 0.717) is 11.6 Å².